The van der Waals surface area contributed by atoms with Gasteiger partial charge >= 0.3 is 0 Å². The maximum Gasteiger partial charge on any atom is 0.0726 e. The van der Waals surface area contributed by atoms with Gasteiger partial charge in [-0.2, -0.15) is 0 Å². The van der Waals surface area contributed by atoms with Crippen molar-refractivity contribution in [1.29, 1.82) is 0 Å². The molecule has 2 aliphatic carbocycles. The molecule has 0 radical (unpaired) electrons. The van der Waals surface area contributed by atoms with Crippen LogP contribution in [0.2, 0.25) is 0 Å². The third kappa shape index (κ3) is 13.0. The molecule has 2 aliphatic rings. The van der Waals surface area contributed by atoms with Gasteiger partial charge in [-0.05, 0) is 278 Å². The maximum absolute atomic E-state index is 2.55. The number of aromatic nitrogens is 3. The van der Waals surface area contributed by atoms with Crippen molar-refractivity contribution in [1.82, 2.24) is 13.7 Å². The minimum atomic E-state index is -0.502. The van der Waals surface area contributed by atoms with Crippen molar-refractivity contribution in [3.63, 3.8) is 0 Å². The largest absolute Gasteiger partial charge is 0.309 e. The second kappa shape index (κ2) is 33.0. The first-order chi connectivity index (χ1) is 69.6. The van der Waals surface area contributed by atoms with Crippen LogP contribution in [0.15, 0.2) is 504 Å². The van der Waals surface area contributed by atoms with Crippen molar-refractivity contribution in [3.8, 4) is 106 Å². The van der Waals surface area contributed by atoms with E-state index in [-0.39, 0.29) is 5.41 Å². The van der Waals surface area contributed by atoms with E-state index in [2.05, 4.69) is 545 Å². The minimum absolute atomic E-state index is 0.0287. The van der Waals surface area contributed by atoms with Crippen LogP contribution in [0.5, 0.6) is 0 Å². The normalized spacial score (nSPS) is 12.5. The summed E-state index contributed by atoms with van der Waals surface area (Å²) in [7, 11) is 0. The number of nitrogens with zero attached hydrogens (tertiary/aromatic N) is 3. The van der Waals surface area contributed by atoms with Crippen LogP contribution in [-0.2, 0) is 10.8 Å². The smallest absolute Gasteiger partial charge is 0.0726 e. The topological polar surface area (TPSA) is 14.8 Å². The zero-order valence-electron chi connectivity index (χ0n) is 78.8. The summed E-state index contributed by atoms with van der Waals surface area (Å²) < 4.78 is 7.34. The molecule has 141 heavy (non-hydrogen) atoms. The molecule has 0 atom stereocenters. The van der Waals surface area contributed by atoms with E-state index in [9.17, 15) is 0 Å². The minimum Gasteiger partial charge on any atom is -0.309 e. The predicted octanol–water partition coefficient (Wildman–Crippen LogP) is 37.2. The molecular weight excluding hydrogens is 1700 g/mol. The number of fused-ring (bicyclic) bond motifs is 25. The van der Waals surface area contributed by atoms with Gasteiger partial charge in [0.1, 0.15) is 0 Å². The number of rotatable bonds is 9. The Morgan fingerprint density at radius 2 is 0.404 bits per heavy atom. The van der Waals surface area contributed by atoms with Gasteiger partial charge in [-0.3, -0.25) is 0 Å². The standard InChI is InChI=1S/C57H35N.C42H33N.C39H27N/c1-2-16-36(17-3-1)55-45-22-4-6-24-47(45)56(48-25-7-5-23-46(48)55)37-30-32-41-42-33-31-38(58-53-28-14-10-20-43(53)44-21-11-15-29-54(44)58)35-52(42)57(51(41)34-37)49-26-12-8-18-39(49)40-19-9-13-27-50(40)57;1-42(2,3)30-25-29(26-31(27-30)43-38-23-13-11-17-32(38)33-18-12-14-24-39(33)43)41-36-21-9-7-19-34(36)40(28-15-5-4-6-16-28)35-20-8-10-22-37(35)41;1-26-23-28(25-29(24-26)40-36-21-11-9-15-30(36)31-16-10-12-22-37(31)40)39-34-19-7-5-17-32(34)38(27-13-3-2-4-14-27)33-18-6-8-20-35(33)39/h1-35H;4-27H,1-3H3;2-25H,1H3. The molecule has 0 fully saturated rings. The van der Waals surface area contributed by atoms with Gasteiger partial charge in [0, 0.05) is 49.4 Å². The molecule has 3 aromatic heterocycles. The molecule has 0 amide bonds. The van der Waals surface area contributed by atoms with E-state index < -0.39 is 5.41 Å². The summed E-state index contributed by atoms with van der Waals surface area (Å²) in [5.41, 5.74) is 38.8. The average Bonchev–Trinajstić information content (AvgIpc) is 1.50. The van der Waals surface area contributed by atoms with E-state index in [0.717, 1.165) is 0 Å². The van der Waals surface area contributed by atoms with E-state index in [1.54, 1.807) is 0 Å². The fourth-order valence-electron chi connectivity index (χ4n) is 24.4. The molecule has 0 N–H and O–H groups in total. The average molecular weight is 1800 g/mol. The van der Waals surface area contributed by atoms with Gasteiger partial charge < -0.3 is 13.7 Å². The molecular formula is C138H95N3. The van der Waals surface area contributed by atoms with Crippen LogP contribution in [0.25, 0.3) is 236 Å². The van der Waals surface area contributed by atoms with Crippen LogP contribution in [-0.4, -0.2) is 13.7 Å². The Hall–Kier alpha value is -17.8. The second-order valence-electron chi connectivity index (χ2n) is 39.1. The number of hydrogen-bond donors (Lipinski definition) is 0. The van der Waals surface area contributed by atoms with Crippen molar-refractivity contribution >= 4 is 130 Å². The lowest BCUT2D eigenvalue weighted by Gasteiger charge is -2.31. The van der Waals surface area contributed by atoms with Gasteiger partial charge in [0.25, 0.3) is 0 Å². The fourth-order valence-corrected chi connectivity index (χ4v) is 24.4. The second-order valence-corrected chi connectivity index (χ2v) is 39.1. The summed E-state index contributed by atoms with van der Waals surface area (Å²) >= 11 is 0. The molecule has 3 heterocycles. The number of benzene rings is 24. The Bertz CT molecular complexity index is 9420. The first-order valence-electron chi connectivity index (χ1n) is 49.3. The van der Waals surface area contributed by atoms with Crippen LogP contribution >= 0.6 is 0 Å². The van der Waals surface area contributed by atoms with Crippen molar-refractivity contribution in [2.75, 3.05) is 0 Å². The van der Waals surface area contributed by atoms with E-state index >= 15 is 0 Å². The highest BCUT2D eigenvalue weighted by atomic mass is 15.0. The van der Waals surface area contributed by atoms with E-state index in [0.29, 0.717) is 0 Å². The van der Waals surface area contributed by atoms with Gasteiger partial charge in [-0.1, -0.05) is 445 Å². The molecule has 662 valence electrons. The Morgan fingerprint density at radius 3 is 0.730 bits per heavy atom. The summed E-state index contributed by atoms with van der Waals surface area (Å²) in [5, 5.41) is 23.0. The number of aryl methyl sites for hydroxylation is 1. The van der Waals surface area contributed by atoms with Gasteiger partial charge in [-0.25, -0.2) is 0 Å². The molecule has 24 aromatic carbocycles. The molecule has 29 rings (SSSR count). The third-order valence-corrected chi connectivity index (χ3v) is 30.3. The van der Waals surface area contributed by atoms with Crippen molar-refractivity contribution in [2.24, 2.45) is 0 Å². The summed E-state index contributed by atoms with van der Waals surface area (Å²) in [6.45, 7) is 9.16. The molecule has 3 nitrogen and oxygen atoms in total. The van der Waals surface area contributed by atoms with Crippen molar-refractivity contribution in [2.45, 2.75) is 38.5 Å². The summed E-state index contributed by atoms with van der Waals surface area (Å²) in [6.07, 6.45) is 0. The maximum atomic E-state index is 2.55. The van der Waals surface area contributed by atoms with Gasteiger partial charge in [0.2, 0.25) is 0 Å². The van der Waals surface area contributed by atoms with Crippen LogP contribution < -0.4 is 0 Å². The lowest BCUT2D eigenvalue weighted by atomic mass is 9.70. The summed E-state index contributed by atoms with van der Waals surface area (Å²) in [5.74, 6) is 0. The highest BCUT2D eigenvalue weighted by Crippen LogP contribution is 2.64. The van der Waals surface area contributed by atoms with E-state index in [1.165, 1.54) is 270 Å². The first kappa shape index (κ1) is 82.7. The Balaban J connectivity index is 0.000000108. The molecule has 3 heteroatoms. The van der Waals surface area contributed by atoms with Gasteiger partial charge in [-0.15, -0.1) is 0 Å². The lowest BCUT2D eigenvalue weighted by molar-refractivity contribution is 0.590. The Labute approximate surface area is 819 Å². The van der Waals surface area contributed by atoms with E-state index in [4.69, 9.17) is 0 Å². The van der Waals surface area contributed by atoms with Crippen LogP contribution in [0, 0.1) is 6.92 Å². The van der Waals surface area contributed by atoms with Gasteiger partial charge in [0.05, 0.1) is 38.5 Å². The van der Waals surface area contributed by atoms with Crippen LogP contribution in [0.1, 0.15) is 54.2 Å². The fraction of sp³-hybridized carbons (Fsp3) is 0.0435. The number of hydrogen-bond acceptors (Lipinski definition) is 0. The van der Waals surface area contributed by atoms with Gasteiger partial charge in [0.15, 0.2) is 0 Å². The van der Waals surface area contributed by atoms with E-state index in [1.807, 2.05) is 0 Å². The van der Waals surface area contributed by atoms with Crippen LogP contribution in [0.3, 0.4) is 0 Å². The predicted molar refractivity (Wildman–Crippen MR) is 600 cm³/mol. The Kier molecular flexibility index (Phi) is 19.4. The SMILES string of the molecule is CC(C)(C)c1cc(-c2c3ccccc3c(-c3ccccc3)c3ccccc23)cc(-n2c3ccccc3c3ccccc32)c1.Cc1cc(-c2c3ccccc3c(-c3ccccc3)c3ccccc23)cc(-n2c3ccccc3c3ccccc32)c1.c1ccc(-c2c3ccccc3c(-c3ccc4c(c3)C3(c5ccccc5-c5ccccc53)c3cc(-n5c6ccccc6c6ccccc65)ccc3-4)c3ccccc23)cc1. The highest BCUT2D eigenvalue weighted by Gasteiger charge is 2.52. The lowest BCUT2D eigenvalue weighted by Crippen LogP contribution is -2.26. The molecule has 0 saturated carbocycles. The highest BCUT2D eigenvalue weighted by molar-refractivity contribution is 6.25. The molecule has 0 unspecified atom stereocenters. The summed E-state index contributed by atoms with van der Waals surface area (Å²) in [4.78, 5) is 0. The molecule has 0 bridgehead atoms. The quantitative estimate of drug-likeness (QED) is 0.128. The molecule has 0 saturated heterocycles. The zero-order chi connectivity index (χ0) is 93.7. The molecule has 1 spiro atoms. The van der Waals surface area contributed by atoms with Crippen molar-refractivity contribution in [3.05, 3.63) is 537 Å². The molecule has 0 aliphatic heterocycles. The monoisotopic (exact) mass is 1790 g/mol. The Morgan fingerprint density at radius 1 is 0.163 bits per heavy atom. The number of para-hydroxylation sites is 6. The van der Waals surface area contributed by atoms with Crippen molar-refractivity contribution < 1.29 is 0 Å². The first-order valence-corrected chi connectivity index (χ1v) is 49.3. The molecule has 27 aromatic rings. The third-order valence-electron chi connectivity index (χ3n) is 30.3. The van der Waals surface area contributed by atoms with Crippen LogP contribution in [0.4, 0.5) is 0 Å². The summed E-state index contributed by atoms with van der Waals surface area (Å²) in [6, 6.07) is 186. The zero-order valence-corrected chi connectivity index (χ0v) is 78.8.